The Bertz CT molecular complexity index is 136. The van der Waals surface area contributed by atoms with E-state index in [0.29, 0.717) is 0 Å². The molecule has 0 unspecified atom stereocenters. The van der Waals surface area contributed by atoms with Crippen molar-refractivity contribution in [3.63, 3.8) is 0 Å². The van der Waals surface area contributed by atoms with Gasteiger partial charge in [-0.3, -0.25) is 9.59 Å². The molecule has 0 amide bonds. The number of carboxylic acids is 1. The molecule has 0 aliphatic carbocycles. The molecule has 8 heteroatoms. The van der Waals surface area contributed by atoms with E-state index in [4.69, 9.17) is 5.11 Å². The molecular weight excluding hydrogens is 267 g/mol. The van der Waals surface area contributed by atoms with Gasteiger partial charge in [-0.05, 0) is 0 Å². The number of rotatable bonds is 3. The summed E-state index contributed by atoms with van der Waals surface area (Å²) in [5.41, 5.74) is 0. The number of thiol groups is 1. The van der Waals surface area contributed by atoms with Crippen molar-refractivity contribution in [3.8, 4) is 0 Å². The molecule has 0 rings (SSSR count). The summed E-state index contributed by atoms with van der Waals surface area (Å²) in [5.74, 6) is -1.64. The van der Waals surface area contributed by atoms with Crippen LogP contribution in [0.4, 0.5) is 0 Å². The molecule has 4 nitrogen and oxygen atoms in total. The van der Waals surface area contributed by atoms with Gasteiger partial charge in [0.1, 0.15) is 0 Å². The molecular formula is C4H11AlCaFeO4S. The largest absolute Gasteiger partial charge is 0 e. The van der Waals surface area contributed by atoms with Crippen molar-refractivity contribution in [1.29, 1.82) is 0 Å². The van der Waals surface area contributed by atoms with E-state index in [1.54, 1.807) is 0 Å². The first-order chi connectivity index (χ1) is 4.16. The Morgan fingerprint density at radius 1 is 1.33 bits per heavy atom. The van der Waals surface area contributed by atoms with Gasteiger partial charge < -0.3 is 9.29 Å². The van der Waals surface area contributed by atoms with Gasteiger partial charge in [-0.25, -0.2) is 0 Å². The van der Waals surface area contributed by atoms with Crippen LogP contribution in [-0.4, -0.2) is 72.1 Å². The van der Waals surface area contributed by atoms with Crippen LogP contribution in [0.1, 0.15) is 12.8 Å². The van der Waals surface area contributed by atoms with E-state index < -0.39 is 11.9 Å². The van der Waals surface area contributed by atoms with Crippen LogP contribution in [0.3, 0.4) is 0 Å². The van der Waals surface area contributed by atoms with E-state index >= 15 is 0 Å². The van der Waals surface area contributed by atoms with E-state index in [1.165, 1.54) is 0 Å². The number of carbonyl (C=O) groups excluding carboxylic acids is 1. The van der Waals surface area contributed by atoms with E-state index in [1.807, 2.05) is 0 Å². The van der Waals surface area contributed by atoms with Crippen molar-refractivity contribution in [1.82, 2.24) is 0 Å². The van der Waals surface area contributed by atoms with Gasteiger partial charge in [0.15, 0.2) is 17.4 Å². The molecule has 0 spiro atoms. The van der Waals surface area contributed by atoms with Crippen LogP contribution in [0.5, 0.6) is 0 Å². The Morgan fingerprint density at radius 3 is 2.00 bits per heavy atom. The van der Waals surface area contributed by atoms with Crippen LogP contribution in [0.25, 0.3) is 0 Å². The summed E-state index contributed by atoms with van der Waals surface area (Å²) in [4.78, 5) is 19.9. The first kappa shape index (κ1) is 23.4. The number of aliphatic carboxylic acids is 1. The van der Waals surface area contributed by atoms with E-state index in [-0.39, 0.29) is 85.0 Å². The zero-order valence-corrected chi connectivity index (χ0v) is 6.89. The van der Waals surface area contributed by atoms with Crippen molar-refractivity contribution in [3.05, 3.63) is 0 Å². The van der Waals surface area contributed by atoms with Crippen LogP contribution in [0.2, 0.25) is 0 Å². The average molecular weight is 278 g/mol. The second-order valence-electron chi connectivity index (χ2n) is 1.36. The molecule has 0 bridgehead atoms. The predicted octanol–water partition coefficient (Wildman–Crippen LogP) is -1.86. The third kappa shape index (κ3) is 17.6. The summed E-state index contributed by atoms with van der Waals surface area (Å²) < 4.78 is 3.89. The van der Waals surface area contributed by atoms with Crippen LogP contribution in [0.15, 0.2) is 0 Å². The molecule has 0 saturated heterocycles. The number of hydrogen-bond donors (Lipinski definition) is 2. The Morgan fingerprint density at radius 2 is 1.75 bits per heavy atom. The van der Waals surface area contributed by atoms with Crippen LogP contribution >= 0.6 is 12.9 Å². The van der Waals surface area contributed by atoms with Crippen LogP contribution in [0, 0.1) is 0 Å². The SMILES string of the molecule is O=C(O)CCC(=O)OS.[AlH3].[CaH2].[Fe]. The van der Waals surface area contributed by atoms with E-state index in [9.17, 15) is 9.59 Å². The number of carbonyl (C=O) groups is 2. The maximum absolute atomic E-state index is 10.2. The van der Waals surface area contributed by atoms with Crippen molar-refractivity contribution in [2.75, 3.05) is 0 Å². The minimum Gasteiger partial charge on any atom is 0 e. The summed E-state index contributed by atoms with van der Waals surface area (Å²) in [6.07, 6.45) is -0.335. The first-order valence-corrected chi connectivity index (χ1v) is 2.59. The average Bonchev–Trinajstić information content (AvgIpc) is 1.83. The molecule has 0 heterocycles. The first-order valence-electron chi connectivity index (χ1n) is 2.23. The zero-order chi connectivity index (χ0) is 7.28. The summed E-state index contributed by atoms with van der Waals surface area (Å²) in [6, 6.07) is 0. The molecule has 70 valence electrons. The maximum Gasteiger partial charge on any atom is 0 e. The summed E-state index contributed by atoms with van der Waals surface area (Å²) in [7, 11) is 0. The van der Waals surface area contributed by atoms with Gasteiger partial charge in [0, 0.05) is 30.0 Å². The van der Waals surface area contributed by atoms with Crippen molar-refractivity contribution < 1.29 is 35.9 Å². The fraction of sp³-hybridized carbons (Fsp3) is 0.500. The van der Waals surface area contributed by atoms with Crippen molar-refractivity contribution in [2.45, 2.75) is 12.8 Å². The van der Waals surface area contributed by atoms with Crippen LogP contribution in [-0.2, 0) is 30.8 Å². The fourth-order valence-corrected chi connectivity index (χ4v) is 0.346. The standard InChI is InChI=1S/C4H6O4S.Al.Ca.Fe.5H/c5-3(6)1-2-4(7)8-9;;;;;;;;/h9H,1-2H2,(H,5,6);;;;;;;;. The van der Waals surface area contributed by atoms with Gasteiger partial charge in [0.25, 0.3) is 0 Å². The van der Waals surface area contributed by atoms with E-state index in [0.717, 1.165) is 0 Å². The van der Waals surface area contributed by atoms with Gasteiger partial charge in [-0.15, -0.1) is 0 Å². The normalized spacial score (nSPS) is 6.42. The Hall–Kier alpha value is 1.60. The Kier molecular flexibility index (Phi) is 29.5. The second kappa shape index (κ2) is 15.1. The molecule has 0 fully saturated rings. The number of carboxylic acid groups (broad SMARTS) is 1. The fourth-order valence-electron chi connectivity index (χ4n) is 0.255. The molecule has 0 aliphatic rings. The van der Waals surface area contributed by atoms with Crippen LogP contribution < -0.4 is 0 Å². The molecule has 0 saturated carbocycles. The maximum atomic E-state index is 10.2. The third-order valence-electron chi connectivity index (χ3n) is 0.645. The molecule has 0 atom stereocenters. The van der Waals surface area contributed by atoms with Crippen molar-refractivity contribution in [2.24, 2.45) is 0 Å². The Labute approximate surface area is 127 Å². The van der Waals surface area contributed by atoms with Gasteiger partial charge in [-0.1, -0.05) is 0 Å². The van der Waals surface area contributed by atoms with Gasteiger partial charge in [0.2, 0.25) is 0 Å². The summed E-state index contributed by atoms with van der Waals surface area (Å²) in [6.45, 7) is 0. The molecule has 0 radical (unpaired) electrons. The van der Waals surface area contributed by atoms with E-state index in [2.05, 4.69) is 17.1 Å². The molecule has 0 aliphatic heterocycles. The number of hydrogen-bond acceptors (Lipinski definition) is 4. The second-order valence-corrected chi connectivity index (χ2v) is 1.54. The molecule has 0 aromatic carbocycles. The van der Waals surface area contributed by atoms with Gasteiger partial charge in [0.05, 0.1) is 12.8 Å². The molecule has 0 aromatic rings. The Balaban J connectivity index is -0.000000107. The predicted molar refractivity (Wildman–Crippen MR) is 50.4 cm³/mol. The van der Waals surface area contributed by atoms with Gasteiger partial charge in [-0.2, -0.15) is 0 Å². The van der Waals surface area contributed by atoms with Crippen molar-refractivity contribution >= 4 is 79.9 Å². The zero-order valence-electron chi connectivity index (χ0n) is 4.89. The van der Waals surface area contributed by atoms with Gasteiger partial charge >= 0.3 is 49.7 Å². The molecule has 1 N–H and O–H groups in total. The monoisotopic (exact) mass is 278 g/mol. The summed E-state index contributed by atoms with van der Waals surface area (Å²) in [5, 5.41) is 8.03. The quantitative estimate of drug-likeness (QED) is 0.361. The third-order valence-corrected chi connectivity index (χ3v) is 0.848. The summed E-state index contributed by atoms with van der Waals surface area (Å²) >= 11 is 3.18. The molecule has 0 aromatic heterocycles. The minimum atomic E-state index is -1.02. The molecule has 12 heavy (non-hydrogen) atoms. The topological polar surface area (TPSA) is 63.6 Å². The minimum absolute atomic E-state index is 0. The smallest absolute Gasteiger partial charge is 0 e.